The maximum absolute atomic E-state index is 11.7. The second-order valence-electron chi connectivity index (χ2n) is 2.68. The number of benzene rings is 1. The molecular formula is C10H7NO2S. The van der Waals surface area contributed by atoms with Gasteiger partial charge in [0.15, 0.2) is 5.01 Å². The molecule has 0 spiro atoms. The van der Waals surface area contributed by atoms with E-state index >= 15 is 0 Å². The van der Waals surface area contributed by atoms with Crippen LogP contribution in [0.4, 0.5) is 0 Å². The average molecular weight is 205 g/mol. The summed E-state index contributed by atoms with van der Waals surface area (Å²) >= 11 is 1.26. The van der Waals surface area contributed by atoms with Crippen molar-refractivity contribution in [3.05, 3.63) is 46.4 Å². The van der Waals surface area contributed by atoms with Crippen LogP contribution in [0.1, 0.15) is 15.4 Å². The number of para-hydroxylation sites is 1. The van der Waals surface area contributed by atoms with Crippen molar-refractivity contribution in [2.45, 2.75) is 0 Å². The molecule has 1 N–H and O–H groups in total. The Morgan fingerprint density at radius 1 is 1.36 bits per heavy atom. The summed E-state index contributed by atoms with van der Waals surface area (Å²) in [6.07, 6.45) is 1.57. The molecule has 2 rings (SSSR count). The molecule has 0 fully saturated rings. The van der Waals surface area contributed by atoms with E-state index in [9.17, 15) is 9.90 Å². The molecule has 4 heteroatoms. The Labute approximate surface area is 84.7 Å². The number of phenolic OH excluding ortho intramolecular Hbond substituents is 1. The molecular weight excluding hydrogens is 198 g/mol. The first-order valence-corrected chi connectivity index (χ1v) is 4.89. The minimum absolute atomic E-state index is 0.00676. The Morgan fingerprint density at radius 3 is 2.79 bits per heavy atom. The molecule has 0 saturated heterocycles. The van der Waals surface area contributed by atoms with E-state index in [1.807, 2.05) is 0 Å². The van der Waals surface area contributed by atoms with Gasteiger partial charge in [0, 0.05) is 11.6 Å². The predicted octanol–water partition coefficient (Wildman–Crippen LogP) is 2.08. The highest BCUT2D eigenvalue weighted by Crippen LogP contribution is 2.20. The third-order valence-electron chi connectivity index (χ3n) is 1.78. The summed E-state index contributed by atoms with van der Waals surface area (Å²) < 4.78 is 0. The van der Waals surface area contributed by atoms with Gasteiger partial charge in [-0.25, -0.2) is 4.98 Å². The molecule has 1 aromatic carbocycles. The second kappa shape index (κ2) is 3.59. The topological polar surface area (TPSA) is 50.2 Å². The molecule has 0 saturated carbocycles. The molecule has 0 radical (unpaired) electrons. The molecule has 2 aromatic rings. The largest absolute Gasteiger partial charge is 0.507 e. The lowest BCUT2D eigenvalue weighted by Crippen LogP contribution is -2.00. The molecule has 0 aliphatic carbocycles. The van der Waals surface area contributed by atoms with E-state index in [2.05, 4.69) is 4.98 Å². The van der Waals surface area contributed by atoms with Crippen molar-refractivity contribution in [3.63, 3.8) is 0 Å². The molecule has 0 bridgehead atoms. The molecule has 14 heavy (non-hydrogen) atoms. The number of carbonyl (C=O) groups is 1. The fourth-order valence-corrected chi connectivity index (χ4v) is 1.71. The summed E-state index contributed by atoms with van der Waals surface area (Å²) in [5.74, 6) is -0.245. The van der Waals surface area contributed by atoms with Gasteiger partial charge in [0.25, 0.3) is 0 Å². The molecule has 0 atom stereocenters. The SMILES string of the molecule is O=C(c1nccs1)c1ccccc1O. The number of rotatable bonds is 2. The van der Waals surface area contributed by atoms with E-state index in [1.165, 1.54) is 17.4 Å². The van der Waals surface area contributed by atoms with Crippen molar-refractivity contribution in [3.8, 4) is 5.75 Å². The lowest BCUT2D eigenvalue weighted by molar-refractivity contribution is 0.103. The summed E-state index contributed by atoms with van der Waals surface area (Å²) in [6, 6.07) is 6.45. The normalized spacial score (nSPS) is 10.0. The highest BCUT2D eigenvalue weighted by Gasteiger charge is 2.14. The summed E-state index contributed by atoms with van der Waals surface area (Å²) in [6.45, 7) is 0. The summed E-state index contributed by atoms with van der Waals surface area (Å²) in [7, 11) is 0. The van der Waals surface area contributed by atoms with E-state index in [1.54, 1.807) is 29.8 Å². The molecule has 3 nitrogen and oxygen atoms in total. The summed E-state index contributed by atoms with van der Waals surface area (Å²) in [4.78, 5) is 15.6. The number of aromatic nitrogens is 1. The van der Waals surface area contributed by atoms with E-state index in [4.69, 9.17) is 0 Å². The fourth-order valence-electron chi connectivity index (χ4n) is 1.12. The highest BCUT2D eigenvalue weighted by atomic mass is 32.1. The van der Waals surface area contributed by atoms with Gasteiger partial charge in [0.05, 0.1) is 5.56 Å². The van der Waals surface area contributed by atoms with Crippen molar-refractivity contribution >= 4 is 17.1 Å². The third kappa shape index (κ3) is 1.52. The lowest BCUT2D eigenvalue weighted by Gasteiger charge is -1.99. The van der Waals surface area contributed by atoms with Crippen molar-refractivity contribution in [2.75, 3.05) is 0 Å². The number of thiazole rings is 1. The Bertz CT molecular complexity index is 451. The number of hydrogen-bond donors (Lipinski definition) is 1. The summed E-state index contributed by atoms with van der Waals surface area (Å²) in [5, 5.41) is 11.6. The van der Waals surface area contributed by atoms with Gasteiger partial charge in [-0.05, 0) is 12.1 Å². The van der Waals surface area contributed by atoms with Gasteiger partial charge in [-0.2, -0.15) is 0 Å². The van der Waals surface area contributed by atoms with Gasteiger partial charge in [-0.1, -0.05) is 12.1 Å². The number of phenols is 1. The maximum Gasteiger partial charge on any atom is 0.225 e. The van der Waals surface area contributed by atoms with Gasteiger partial charge in [-0.3, -0.25) is 4.79 Å². The Morgan fingerprint density at radius 2 is 2.14 bits per heavy atom. The van der Waals surface area contributed by atoms with Gasteiger partial charge >= 0.3 is 0 Å². The molecule has 1 heterocycles. The van der Waals surface area contributed by atoms with E-state index in [0.29, 0.717) is 10.6 Å². The van der Waals surface area contributed by atoms with Gasteiger partial charge in [0.2, 0.25) is 5.78 Å². The second-order valence-corrected chi connectivity index (χ2v) is 3.58. The first-order valence-electron chi connectivity index (χ1n) is 4.01. The van der Waals surface area contributed by atoms with Crippen LogP contribution < -0.4 is 0 Å². The molecule has 70 valence electrons. The monoisotopic (exact) mass is 205 g/mol. The Balaban J connectivity index is 2.42. The van der Waals surface area contributed by atoms with Crippen LogP contribution in [0.5, 0.6) is 5.75 Å². The smallest absolute Gasteiger partial charge is 0.225 e. The number of nitrogens with zero attached hydrogens (tertiary/aromatic N) is 1. The highest BCUT2D eigenvalue weighted by molar-refractivity contribution is 7.11. The summed E-state index contributed by atoms with van der Waals surface area (Å²) in [5.41, 5.74) is 0.294. The van der Waals surface area contributed by atoms with Gasteiger partial charge < -0.3 is 5.11 Å². The first kappa shape index (κ1) is 8.90. The Kier molecular flexibility index (Phi) is 2.28. The zero-order valence-electron chi connectivity index (χ0n) is 7.18. The predicted molar refractivity (Wildman–Crippen MR) is 53.7 cm³/mol. The fraction of sp³-hybridized carbons (Fsp3) is 0. The number of ketones is 1. The third-order valence-corrected chi connectivity index (χ3v) is 2.55. The van der Waals surface area contributed by atoms with E-state index in [0.717, 1.165) is 0 Å². The number of carbonyl (C=O) groups excluding carboxylic acids is 1. The van der Waals surface area contributed by atoms with Crippen molar-refractivity contribution in [2.24, 2.45) is 0 Å². The van der Waals surface area contributed by atoms with Crippen LogP contribution in [-0.4, -0.2) is 15.9 Å². The molecule has 0 unspecified atom stereocenters. The van der Waals surface area contributed by atoms with Crippen LogP contribution in [-0.2, 0) is 0 Å². The van der Waals surface area contributed by atoms with Crippen molar-refractivity contribution in [1.29, 1.82) is 0 Å². The van der Waals surface area contributed by atoms with Gasteiger partial charge in [-0.15, -0.1) is 11.3 Å². The molecule has 0 aliphatic rings. The van der Waals surface area contributed by atoms with Crippen LogP contribution in [0.2, 0.25) is 0 Å². The van der Waals surface area contributed by atoms with E-state index < -0.39 is 0 Å². The molecule has 0 aliphatic heterocycles. The quantitative estimate of drug-likeness (QED) is 0.763. The number of aromatic hydroxyl groups is 1. The first-order chi connectivity index (χ1) is 6.79. The van der Waals surface area contributed by atoms with Crippen LogP contribution in [0.3, 0.4) is 0 Å². The van der Waals surface area contributed by atoms with E-state index in [-0.39, 0.29) is 11.5 Å². The van der Waals surface area contributed by atoms with Crippen LogP contribution in [0.15, 0.2) is 35.8 Å². The minimum atomic E-state index is -0.238. The minimum Gasteiger partial charge on any atom is -0.507 e. The molecule has 0 amide bonds. The average Bonchev–Trinajstić information content (AvgIpc) is 2.70. The maximum atomic E-state index is 11.7. The number of hydrogen-bond acceptors (Lipinski definition) is 4. The van der Waals surface area contributed by atoms with Gasteiger partial charge in [0.1, 0.15) is 5.75 Å². The Hall–Kier alpha value is -1.68. The van der Waals surface area contributed by atoms with Crippen molar-refractivity contribution in [1.82, 2.24) is 4.98 Å². The standard InChI is InChI=1S/C10H7NO2S/c12-8-4-2-1-3-7(8)9(13)10-11-5-6-14-10/h1-6,12H. The lowest BCUT2D eigenvalue weighted by atomic mass is 10.1. The zero-order valence-corrected chi connectivity index (χ0v) is 7.99. The van der Waals surface area contributed by atoms with Crippen LogP contribution >= 0.6 is 11.3 Å². The van der Waals surface area contributed by atoms with Crippen LogP contribution in [0, 0.1) is 0 Å². The van der Waals surface area contributed by atoms with Crippen LogP contribution in [0.25, 0.3) is 0 Å². The zero-order chi connectivity index (χ0) is 9.97. The molecule has 1 aromatic heterocycles. The van der Waals surface area contributed by atoms with Crippen molar-refractivity contribution < 1.29 is 9.90 Å².